The van der Waals surface area contributed by atoms with Gasteiger partial charge in [0.05, 0.1) is 13.7 Å². The Bertz CT molecular complexity index is 410. The summed E-state index contributed by atoms with van der Waals surface area (Å²) >= 11 is 0. The molecule has 2 N–H and O–H groups in total. The van der Waals surface area contributed by atoms with E-state index in [4.69, 9.17) is 15.2 Å². The second kappa shape index (κ2) is 9.64. The highest BCUT2D eigenvalue weighted by molar-refractivity contribution is 5.44. The van der Waals surface area contributed by atoms with E-state index >= 15 is 0 Å². The molecule has 0 spiro atoms. The van der Waals surface area contributed by atoms with Gasteiger partial charge in [0.25, 0.3) is 0 Å². The number of methoxy groups -OCH3 is 1. The van der Waals surface area contributed by atoms with E-state index in [-0.39, 0.29) is 6.04 Å². The van der Waals surface area contributed by atoms with Crippen LogP contribution >= 0.6 is 0 Å². The average Bonchev–Trinajstić information content (AvgIpc) is 2.51. The number of rotatable bonds is 10. The number of ether oxygens (including phenoxy) is 2. The molecule has 1 unspecified atom stereocenters. The Morgan fingerprint density at radius 3 is 2.52 bits per heavy atom. The Balaban J connectivity index is 2.93. The summed E-state index contributed by atoms with van der Waals surface area (Å²) in [6.07, 6.45) is 3.35. The van der Waals surface area contributed by atoms with E-state index in [9.17, 15) is 0 Å². The van der Waals surface area contributed by atoms with Crippen LogP contribution in [0.2, 0.25) is 0 Å². The van der Waals surface area contributed by atoms with E-state index in [1.807, 2.05) is 6.07 Å². The van der Waals surface area contributed by atoms with Crippen LogP contribution in [0.1, 0.15) is 44.7 Å². The molecule has 0 fully saturated rings. The van der Waals surface area contributed by atoms with Crippen molar-refractivity contribution in [1.82, 2.24) is 4.90 Å². The standard InChI is InChI=1S/C17H30N2O2/c1-5-7-10-19(3)15(13-18)14-8-9-16(20-4)17(12-14)21-11-6-2/h8-9,12,15H,5-7,10-11,13,18H2,1-4H3. The van der Waals surface area contributed by atoms with Crippen LogP contribution in [0.4, 0.5) is 0 Å². The molecule has 1 atom stereocenters. The molecule has 1 aromatic carbocycles. The number of hydrogen-bond donors (Lipinski definition) is 1. The minimum Gasteiger partial charge on any atom is -0.493 e. The first-order chi connectivity index (χ1) is 10.2. The Morgan fingerprint density at radius 2 is 1.95 bits per heavy atom. The fraction of sp³-hybridized carbons (Fsp3) is 0.647. The third-order valence-electron chi connectivity index (χ3n) is 3.65. The van der Waals surface area contributed by atoms with Gasteiger partial charge in [0, 0.05) is 12.6 Å². The third kappa shape index (κ3) is 5.21. The summed E-state index contributed by atoms with van der Waals surface area (Å²) in [7, 11) is 3.80. The number of nitrogens with two attached hydrogens (primary N) is 1. The van der Waals surface area contributed by atoms with E-state index in [0.717, 1.165) is 24.5 Å². The van der Waals surface area contributed by atoms with Crippen LogP contribution in [0, 0.1) is 0 Å². The van der Waals surface area contributed by atoms with Gasteiger partial charge in [-0.15, -0.1) is 0 Å². The van der Waals surface area contributed by atoms with Crippen molar-refractivity contribution < 1.29 is 9.47 Å². The summed E-state index contributed by atoms with van der Waals surface area (Å²) in [6.45, 7) is 6.64. The zero-order chi connectivity index (χ0) is 15.7. The minimum absolute atomic E-state index is 0.214. The molecular weight excluding hydrogens is 264 g/mol. The lowest BCUT2D eigenvalue weighted by molar-refractivity contribution is 0.244. The first-order valence-corrected chi connectivity index (χ1v) is 7.88. The fourth-order valence-electron chi connectivity index (χ4n) is 2.36. The molecule has 21 heavy (non-hydrogen) atoms. The quantitative estimate of drug-likeness (QED) is 0.720. The number of likely N-dealkylation sites (N-methyl/N-ethyl adjacent to an activating group) is 1. The summed E-state index contributed by atoms with van der Waals surface area (Å²) in [5.74, 6) is 1.58. The van der Waals surface area contributed by atoms with Gasteiger partial charge < -0.3 is 15.2 Å². The largest absolute Gasteiger partial charge is 0.493 e. The molecule has 1 rings (SSSR count). The van der Waals surface area contributed by atoms with Gasteiger partial charge in [-0.2, -0.15) is 0 Å². The predicted molar refractivity (Wildman–Crippen MR) is 88.1 cm³/mol. The normalized spacial score (nSPS) is 12.5. The Morgan fingerprint density at radius 1 is 1.19 bits per heavy atom. The zero-order valence-corrected chi connectivity index (χ0v) is 13.9. The molecule has 4 nitrogen and oxygen atoms in total. The van der Waals surface area contributed by atoms with Crippen molar-refractivity contribution in [3.8, 4) is 11.5 Å². The van der Waals surface area contributed by atoms with Crippen LogP contribution in [0.5, 0.6) is 11.5 Å². The van der Waals surface area contributed by atoms with Gasteiger partial charge in [-0.3, -0.25) is 4.90 Å². The lowest BCUT2D eigenvalue weighted by Crippen LogP contribution is -2.31. The molecule has 0 saturated heterocycles. The van der Waals surface area contributed by atoms with E-state index in [1.165, 1.54) is 18.4 Å². The van der Waals surface area contributed by atoms with Crippen molar-refractivity contribution in [2.24, 2.45) is 5.73 Å². The highest BCUT2D eigenvalue weighted by Crippen LogP contribution is 2.31. The first-order valence-electron chi connectivity index (χ1n) is 7.88. The molecule has 4 heteroatoms. The smallest absolute Gasteiger partial charge is 0.161 e. The van der Waals surface area contributed by atoms with Gasteiger partial charge >= 0.3 is 0 Å². The van der Waals surface area contributed by atoms with Crippen LogP contribution in [-0.2, 0) is 0 Å². The molecule has 0 radical (unpaired) electrons. The van der Waals surface area contributed by atoms with Crippen LogP contribution in [0.25, 0.3) is 0 Å². The van der Waals surface area contributed by atoms with Crippen molar-refractivity contribution in [2.45, 2.75) is 39.2 Å². The van der Waals surface area contributed by atoms with Gasteiger partial charge in [0.2, 0.25) is 0 Å². The number of unbranched alkanes of at least 4 members (excludes halogenated alkanes) is 1. The molecule has 0 aliphatic heterocycles. The minimum atomic E-state index is 0.214. The molecule has 0 saturated carbocycles. The highest BCUT2D eigenvalue weighted by Gasteiger charge is 2.17. The van der Waals surface area contributed by atoms with Crippen LogP contribution in [-0.4, -0.2) is 38.8 Å². The molecule has 0 bridgehead atoms. The topological polar surface area (TPSA) is 47.7 Å². The molecular formula is C17H30N2O2. The first kappa shape index (κ1) is 17.8. The van der Waals surface area contributed by atoms with E-state index in [2.05, 4.69) is 37.9 Å². The van der Waals surface area contributed by atoms with Gasteiger partial charge in [-0.05, 0) is 44.1 Å². The van der Waals surface area contributed by atoms with Crippen molar-refractivity contribution in [1.29, 1.82) is 0 Å². The van der Waals surface area contributed by atoms with Crippen molar-refractivity contribution >= 4 is 0 Å². The molecule has 0 aliphatic rings. The van der Waals surface area contributed by atoms with Gasteiger partial charge in [-0.1, -0.05) is 26.3 Å². The summed E-state index contributed by atoms with van der Waals surface area (Å²) in [5, 5.41) is 0. The number of hydrogen-bond acceptors (Lipinski definition) is 4. The Hall–Kier alpha value is -1.26. The lowest BCUT2D eigenvalue weighted by Gasteiger charge is -2.28. The van der Waals surface area contributed by atoms with E-state index < -0.39 is 0 Å². The molecule has 0 heterocycles. The molecule has 0 aromatic heterocycles. The molecule has 120 valence electrons. The monoisotopic (exact) mass is 294 g/mol. The molecule has 0 amide bonds. The summed E-state index contributed by atoms with van der Waals surface area (Å²) < 4.78 is 11.2. The number of benzene rings is 1. The van der Waals surface area contributed by atoms with E-state index in [0.29, 0.717) is 13.2 Å². The van der Waals surface area contributed by atoms with Crippen molar-refractivity contribution in [2.75, 3.05) is 33.9 Å². The predicted octanol–water partition coefficient (Wildman–Crippen LogP) is 3.22. The summed E-state index contributed by atoms with van der Waals surface area (Å²) in [6, 6.07) is 6.33. The third-order valence-corrected chi connectivity index (χ3v) is 3.65. The van der Waals surface area contributed by atoms with Crippen LogP contribution in [0.3, 0.4) is 0 Å². The van der Waals surface area contributed by atoms with Crippen LogP contribution in [0.15, 0.2) is 18.2 Å². The maximum absolute atomic E-state index is 5.98. The maximum atomic E-state index is 5.98. The maximum Gasteiger partial charge on any atom is 0.161 e. The van der Waals surface area contributed by atoms with Crippen LogP contribution < -0.4 is 15.2 Å². The second-order valence-corrected chi connectivity index (χ2v) is 5.34. The van der Waals surface area contributed by atoms with E-state index in [1.54, 1.807) is 7.11 Å². The Labute approximate surface area is 129 Å². The SMILES string of the molecule is CCCCN(C)C(CN)c1ccc(OC)c(OCCC)c1. The molecule has 1 aromatic rings. The summed E-state index contributed by atoms with van der Waals surface area (Å²) in [4.78, 5) is 2.31. The lowest BCUT2D eigenvalue weighted by atomic mass is 10.0. The zero-order valence-electron chi connectivity index (χ0n) is 13.9. The number of nitrogens with zero attached hydrogens (tertiary/aromatic N) is 1. The average molecular weight is 294 g/mol. The van der Waals surface area contributed by atoms with Crippen molar-refractivity contribution in [3.63, 3.8) is 0 Å². The summed E-state index contributed by atoms with van der Waals surface area (Å²) in [5.41, 5.74) is 7.17. The van der Waals surface area contributed by atoms with Gasteiger partial charge in [0.1, 0.15) is 0 Å². The van der Waals surface area contributed by atoms with Crippen molar-refractivity contribution in [3.05, 3.63) is 23.8 Å². The highest BCUT2D eigenvalue weighted by atomic mass is 16.5. The molecule has 0 aliphatic carbocycles. The van der Waals surface area contributed by atoms with Gasteiger partial charge in [0.15, 0.2) is 11.5 Å². The Kier molecular flexibility index (Phi) is 8.16. The fourth-order valence-corrected chi connectivity index (χ4v) is 2.36. The second-order valence-electron chi connectivity index (χ2n) is 5.34. The van der Waals surface area contributed by atoms with Gasteiger partial charge in [-0.25, -0.2) is 0 Å².